The molecule has 2 bridgehead atoms. The lowest BCUT2D eigenvalue weighted by atomic mass is 9.94. The van der Waals surface area contributed by atoms with Crippen LogP contribution in [0.3, 0.4) is 0 Å². The van der Waals surface area contributed by atoms with E-state index in [1.807, 2.05) is 6.08 Å². The van der Waals surface area contributed by atoms with Gasteiger partial charge in [0.25, 0.3) is 0 Å². The summed E-state index contributed by atoms with van der Waals surface area (Å²) in [6.07, 6.45) is 11.8. The fourth-order valence-corrected chi connectivity index (χ4v) is 3.19. The lowest BCUT2D eigenvalue weighted by Gasteiger charge is -2.16. The van der Waals surface area contributed by atoms with Gasteiger partial charge in [-0.3, -0.25) is 0 Å². The van der Waals surface area contributed by atoms with E-state index >= 15 is 0 Å². The number of hydrogen-bond acceptors (Lipinski definition) is 3. The van der Waals surface area contributed by atoms with Gasteiger partial charge in [0.05, 0.1) is 6.10 Å². The van der Waals surface area contributed by atoms with Crippen molar-refractivity contribution in [1.82, 2.24) is 0 Å². The van der Waals surface area contributed by atoms with E-state index in [0.29, 0.717) is 5.92 Å². The largest absolute Gasteiger partial charge is 0.454 e. The van der Waals surface area contributed by atoms with E-state index in [2.05, 4.69) is 45.9 Å². The van der Waals surface area contributed by atoms with Crippen molar-refractivity contribution < 1.29 is 14.3 Å². The number of esters is 1. The Hall–Kier alpha value is -1.61. The smallest absolute Gasteiger partial charge is 0.334 e. The van der Waals surface area contributed by atoms with Gasteiger partial charge in [0.15, 0.2) is 0 Å². The Balaban J connectivity index is 2.31. The molecule has 3 heteroatoms. The third-order valence-electron chi connectivity index (χ3n) is 4.89. The second-order valence-corrected chi connectivity index (χ2v) is 7.16. The molecule has 132 valence electrons. The molecule has 1 aliphatic carbocycles. The average molecular weight is 330 g/mol. The van der Waals surface area contributed by atoms with Gasteiger partial charge in [0.1, 0.15) is 6.10 Å². The summed E-state index contributed by atoms with van der Waals surface area (Å²) in [7, 11) is 1.76. The highest BCUT2D eigenvalue weighted by molar-refractivity contribution is 5.90. The fraction of sp³-hybridized carbons (Fsp3) is 0.571. The molecule has 0 spiro atoms. The Morgan fingerprint density at radius 2 is 1.96 bits per heavy atom. The molecule has 0 unspecified atom stereocenters. The average Bonchev–Trinajstić information content (AvgIpc) is 2.86. The zero-order valence-electron chi connectivity index (χ0n) is 15.6. The normalized spacial score (nSPS) is 26.2. The van der Waals surface area contributed by atoms with Crippen molar-refractivity contribution in [2.45, 2.75) is 65.6 Å². The molecule has 0 aromatic rings. The van der Waals surface area contributed by atoms with Crippen molar-refractivity contribution in [1.29, 1.82) is 0 Å². The highest BCUT2D eigenvalue weighted by atomic mass is 16.5. The van der Waals surface area contributed by atoms with Gasteiger partial charge in [-0.25, -0.2) is 4.79 Å². The van der Waals surface area contributed by atoms with Gasteiger partial charge in [0, 0.05) is 19.1 Å². The molecule has 1 heterocycles. The van der Waals surface area contributed by atoms with Crippen LogP contribution in [0.2, 0.25) is 0 Å². The van der Waals surface area contributed by atoms with E-state index in [0.717, 1.165) is 31.3 Å². The topological polar surface area (TPSA) is 35.5 Å². The molecule has 0 fully saturated rings. The third-order valence-corrected chi connectivity index (χ3v) is 4.89. The van der Waals surface area contributed by atoms with Gasteiger partial charge in [0.2, 0.25) is 0 Å². The quantitative estimate of drug-likeness (QED) is 0.533. The maximum Gasteiger partial charge on any atom is 0.334 e. The number of rotatable bonds is 2. The van der Waals surface area contributed by atoms with Crippen LogP contribution in [0, 0.1) is 5.92 Å². The first-order valence-electron chi connectivity index (χ1n) is 8.88. The summed E-state index contributed by atoms with van der Waals surface area (Å²) in [4.78, 5) is 12.1. The molecule has 24 heavy (non-hydrogen) atoms. The van der Waals surface area contributed by atoms with Crippen LogP contribution in [0.4, 0.5) is 0 Å². The summed E-state index contributed by atoms with van der Waals surface area (Å²) in [5, 5.41) is 0. The molecule has 0 radical (unpaired) electrons. The number of carbonyl (C=O) groups excluding carboxylic acids is 1. The van der Waals surface area contributed by atoms with Crippen LogP contribution in [0.25, 0.3) is 0 Å². The number of allylic oxidation sites excluding steroid dienone is 3. The van der Waals surface area contributed by atoms with E-state index in [9.17, 15) is 4.79 Å². The molecule has 0 N–H and O–H groups in total. The predicted octanol–water partition coefficient (Wildman–Crippen LogP) is 4.90. The molecule has 3 nitrogen and oxygen atoms in total. The lowest BCUT2D eigenvalue weighted by molar-refractivity contribution is -0.139. The van der Waals surface area contributed by atoms with Gasteiger partial charge in [-0.15, -0.1) is 0 Å². The molecule has 1 aliphatic heterocycles. The number of methoxy groups -OCH3 is 1. The molecule has 0 aromatic heterocycles. The number of ether oxygens (including phenoxy) is 2. The molecule has 2 atom stereocenters. The third kappa shape index (κ3) is 4.94. The summed E-state index contributed by atoms with van der Waals surface area (Å²) < 4.78 is 11.2. The van der Waals surface area contributed by atoms with Crippen LogP contribution in [-0.2, 0) is 14.3 Å². The zero-order chi connectivity index (χ0) is 17.7. The van der Waals surface area contributed by atoms with Crippen LogP contribution < -0.4 is 0 Å². The fourth-order valence-electron chi connectivity index (χ4n) is 3.19. The van der Waals surface area contributed by atoms with E-state index < -0.39 is 0 Å². The Morgan fingerprint density at radius 3 is 2.62 bits per heavy atom. The van der Waals surface area contributed by atoms with Crippen molar-refractivity contribution in [3.05, 3.63) is 46.6 Å². The molecule has 0 amide bonds. The first-order valence-corrected chi connectivity index (χ1v) is 8.88. The van der Waals surface area contributed by atoms with Crippen molar-refractivity contribution in [2.24, 2.45) is 5.92 Å². The standard InChI is InChI=1S/C21H30O3/c1-14(2)17-8-7-16(4)20(23-5)11-6-15(3)12-19-13-18(10-9-17)21(22)24-19/h6-8,13-14,19-20H,9-12H2,1-5H3/t19-,20-/m0/s1. The summed E-state index contributed by atoms with van der Waals surface area (Å²) in [6, 6.07) is 0. The van der Waals surface area contributed by atoms with Crippen LogP contribution in [0.5, 0.6) is 0 Å². The van der Waals surface area contributed by atoms with Gasteiger partial charge >= 0.3 is 5.97 Å². The monoisotopic (exact) mass is 330 g/mol. The van der Waals surface area contributed by atoms with Gasteiger partial charge in [-0.05, 0) is 50.7 Å². The van der Waals surface area contributed by atoms with Crippen LogP contribution in [0.15, 0.2) is 46.6 Å². The second-order valence-electron chi connectivity index (χ2n) is 7.16. The SMILES string of the molecule is CO[C@H]1CC=C(C)C[C@H]2C=C(CCC(C(C)C)=CC=C1C)C(=O)O2. The molecule has 0 saturated carbocycles. The van der Waals surface area contributed by atoms with E-state index in [1.54, 1.807) is 7.11 Å². The minimum absolute atomic E-state index is 0.0878. The number of carbonyl (C=O) groups is 1. The molecule has 0 saturated heterocycles. The summed E-state index contributed by atoms with van der Waals surface area (Å²) in [5.41, 5.74) is 4.64. The van der Waals surface area contributed by atoms with Gasteiger partial charge < -0.3 is 9.47 Å². The highest BCUT2D eigenvalue weighted by Crippen LogP contribution is 2.27. The molecule has 2 aliphatic rings. The second kappa shape index (κ2) is 8.48. The molecular weight excluding hydrogens is 300 g/mol. The maximum atomic E-state index is 12.1. The Bertz CT molecular complexity index is 590. The van der Waals surface area contributed by atoms with E-state index in [-0.39, 0.29) is 18.2 Å². The summed E-state index contributed by atoms with van der Waals surface area (Å²) in [6.45, 7) is 8.61. The first-order chi connectivity index (χ1) is 11.4. The molecule has 2 rings (SSSR count). The minimum atomic E-state index is -0.146. The van der Waals surface area contributed by atoms with Crippen molar-refractivity contribution in [3.8, 4) is 0 Å². The first kappa shape index (κ1) is 18.7. The van der Waals surface area contributed by atoms with Gasteiger partial charge in [-0.2, -0.15) is 0 Å². The lowest BCUT2D eigenvalue weighted by Crippen LogP contribution is -2.12. The van der Waals surface area contributed by atoms with Crippen molar-refractivity contribution >= 4 is 5.97 Å². The Kier molecular flexibility index (Phi) is 6.61. The van der Waals surface area contributed by atoms with Crippen molar-refractivity contribution in [3.63, 3.8) is 0 Å². The van der Waals surface area contributed by atoms with Crippen LogP contribution in [0.1, 0.15) is 53.4 Å². The molecule has 0 aromatic carbocycles. The number of hydrogen-bond donors (Lipinski definition) is 0. The zero-order valence-corrected chi connectivity index (χ0v) is 15.6. The predicted molar refractivity (Wildman–Crippen MR) is 97.7 cm³/mol. The maximum absolute atomic E-state index is 12.1. The van der Waals surface area contributed by atoms with Crippen LogP contribution in [-0.4, -0.2) is 25.3 Å². The van der Waals surface area contributed by atoms with Crippen LogP contribution >= 0.6 is 0 Å². The summed E-state index contributed by atoms with van der Waals surface area (Å²) in [5.74, 6) is 0.311. The summed E-state index contributed by atoms with van der Waals surface area (Å²) >= 11 is 0. The van der Waals surface area contributed by atoms with Gasteiger partial charge in [-0.1, -0.05) is 43.2 Å². The molecular formula is C21H30O3. The van der Waals surface area contributed by atoms with E-state index in [1.165, 1.54) is 16.7 Å². The Morgan fingerprint density at radius 1 is 1.21 bits per heavy atom. The van der Waals surface area contributed by atoms with Crippen molar-refractivity contribution in [2.75, 3.05) is 7.11 Å². The Labute approximate surface area is 146 Å². The minimum Gasteiger partial charge on any atom is -0.454 e. The van der Waals surface area contributed by atoms with E-state index in [4.69, 9.17) is 9.47 Å². The highest BCUT2D eigenvalue weighted by Gasteiger charge is 2.25. The number of fused-ring (bicyclic) bond motifs is 1.